The van der Waals surface area contributed by atoms with Gasteiger partial charge in [0, 0.05) is 6.54 Å². The Bertz CT molecular complexity index is 1030. The lowest BCUT2D eigenvalue weighted by molar-refractivity contribution is -0.148. The monoisotopic (exact) mass is 463 g/mol. The lowest BCUT2D eigenvalue weighted by atomic mass is 10.0. The standard InChI is InChI=1S/C20H29N7O6/c1-3-22-18(30)15-13(28)14(29)19(33-15)27-9-23-12-16(21)24-11(25-17(12)27)8-26-7-5-4-6-10(26)20(31)32-2/h9-10,13-15,19,28-29H,3-8H2,1-2H3,(H,22,30)(H2,21,24,25)/t10?,13-,14?,15+,19-/m1/s1. The van der Waals surface area contributed by atoms with Crippen LogP contribution in [-0.2, 0) is 25.6 Å². The van der Waals surface area contributed by atoms with Gasteiger partial charge in [0.1, 0.15) is 29.6 Å². The number of carbonyl (C=O) groups excluding carboxylic acids is 2. The van der Waals surface area contributed by atoms with Gasteiger partial charge in [-0.15, -0.1) is 0 Å². The Morgan fingerprint density at radius 3 is 2.82 bits per heavy atom. The van der Waals surface area contributed by atoms with Gasteiger partial charge in [0.2, 0.25) is 0 Å². The second-order valence-corrected chi connectivity index (χ2v) is 8.18. The second-order valence-electron chi connectivity index (χ2n) is 8.18. The molecule has 33 heavy (non-hydrogen) atoms. The number of likely N-dealkylation sites (tertiary alicyclic amines) is 1. The third-order valence-electron chi connectivity index (χ3n) is 6.05. The van der Waals surface area contributed by atoms with Gasteiger partial charge in [-0.3, -0.25) is 19.1 Å². The molecule has 0 spiro atoms. The van der Waals surface area contributed by atoms with E-state index in [1.54, 1.807) is 6.92 Å². The highest BCUT2D eigenvalue weighted by atomic mass is 16.6. The van der Waals surface area contributed by atoms with Crippen LogP contribution in [0.4, 0.5) is 5.82 Å². The third-order valence-corrected chi connectivity index (χ3v) is 6.05. The summed E-state index contributed by atoms with van der Waals surface area (Å²) in [5.74, 6) is -0.328. The number of aromatic nitrogens is 4. The summed E-state index contributed by atoms with van der Waals surface area (Å²) in [6, 6.07) is -0.387. The van der Waals surface area contributed by atoms with Crippen LogP contribution < -0.4 is 11.1 Å². The van der Waals surface area contributed by atoms with Crippen molar-refractivity contribution in [3.8, 4) is 0 Å². The number of nitrogens with one attached hydrogen (secondary N) is 1. The van der Waals surface area contributed by atoms with Crippen LogP contribution in [0, 0.1) is 0 Å². The molecule has 2 fully saturated rings. The van der Waals surface area contributed by atoms with Crippen molar-refractivity contribution in [3.05, 3.63) is 12.2 Å². The van der Waals surface area contributed by atoms with Crippen molar-refractivity contribution in [2.45, 2.75) is 63.3 Å². The van der Waals surface area contributed by atoms with Gasteiger partial charge < -0.3 is 30.7 Å². The maximum absolute atomic E-state index is 12.2. The Morgan fingerprint density at radius 2 is 2.09 bits per heavy atom. The van der Waals surface area contributed by atoms with E-state index in [1.165, 1.54) is 18.0 Å². The largest absolute Gasteiger partial charge is 0.468 e. The smallest absolute Gasteiger partial charge is 0.323 e. The lowest BCUT2D eigenvalue weighted by Gasteiger charge is -2.33. The quantitative estimate of drug-likeness (QED) is 0.374. The van der Waals surface area contributed by atoms with E-state index < -0.39 is 30.4 Å². The van der Waals surface area contributed by atoms with Crippen LogP contribution in [-0.4, -0.2) is 91.1 Å². The van der Waals surface area contributed by atoms with E-state index in [1.807, 2.05) is 4.90 Å². The van der Waals surface area contributed by atoms with Crippen molar-refractivity contribution in [2.24, 2.45) is 0 Å². The summed E-state index contributed by atoms with van der Waals surface area (Å²) in [6.45, 7) is 3.05. The molecular weight excluding hydrogens is 434 g/mol. The predicted octanol–water partition coefficient (Wildman–Crippen LogP) is -1.31. The van der Waals surface area contributed by atoms with E-state index >= 15 is 0 Å². The normalized spacial score (nSPS) is 28.2. The maximum Gasteiger partial charge on any atom is 0.323 e. The summed E-state index contributed by atoms with van der Waals surface area (Å²) in [6.07, 6.45) is -1.23. The molecule has 180 valence electrons. The first-order valence-corrected chi connectivity index (χ1v) is 11.0. The van der Waals surface area contributed by atoms with E-state index in [4.69, 9.17) is 15.2 Å². The van der Waals surface area contributed by atoms with Crippen LogP contribution in [0.1, 0.15) is 38.2 Å². The fourth-order valence-electron chi connectivity index (χ4n) is 4.39. The van der Waals surface area contributed by atoms with Crippen molar-refractivity contribution in [2.75, 3.05) is 25.9 Å². The zero-order valence-electron chi connectivity index (χ0n) is 18.5. The zero-order valence-corrected chi connectivity index (χ0v) is 18.5. The number of amides is 1. The summed E-state index contributed by atoms with van der Waals surface area (Å²) < 4.78 is 12.0. The summed E-state index contributed by atoms with van der Waals surface area (Å²) in [7, 11) is 1.36. The molecule has 13 heteroatoms. The number of hydrogen-bond acceptors (Lipinski definition) is 11. The molecule has 13 nitrogen and oxygen atoms in total. The van der Waals surface area contributed by atoms with Crippen molar-refractivity contribution in [1.82, 2.24) is 29.7 Å². The SMILES string of the molecule is CCNC(=O)[C@H]1O[C@@H](n2cnc3c(N)nc(CN4CCCCC4C(=O)OC)nc32)C(O)[C@H]1O. The summed E-state index contributed by atoms with van der Waals surface area (Å²) in [4.78, 5) is 39.5. The van der Waals surface area contributed by atoms with Gasteiger partial charge in [0.15, 0.2) is 23.8 Å². The van der Waals surface area contributed by atoms with Crippen LogP contribution in [0.5, 0.6) is 0 Å². The second kappa shape index (κ2) is 9.55. The highest BCUT2D eigenvalue weighted by Gasteiger charge is 2.47. The highest BCUT2D eigenvalue weighted by molar-refractivity contribution is 5.83. The first kappa shape index (κ1) is 23.3. The maximum atomic E-state index is 12.2. The van der Waals surface area contributed by atoms with Crippen LogP contribution in [0.15, 0.2) is 6.33 Å². The van der Waals surface area contributed by atoms with Crippen molar-refractivity contribution in [3.63, 3.8) is 0 Å². The molecule has 0 bridgehead atoms. The number of piperidine rings is 1. The molecule has 5 N–H and O–H groups in total. The number of carbonyl (C=O) groups is 2. The molecule has 1 amide bonds. The van der Waals surface area contributed by atoms with Gasteiger partial charge in [-0.2, -0.15) is 0 Å². The van der Waals surface area contributed by atoms with Gasteiger partial charge in [-0.1, -0.05) is 6.42 Å². The minimum atomic E-state index is -1.42. The molecule has 2 unspecified atom stereocenters. The number of hydrogen-bond donors (Lipinski definition) is 4. The minimum absolute atomic E-state index is 0.133. The van der Waals surface area contributed by atoms with Crippen LogP contribution in [0.2, 0.25) is 0 Å². The Balaban J connectivity index is 1.63. The predicted molar refractivity (Wildman–Crippen MR) is 114 cm³/mol. The number of rotatable bonds is 6. The number of anilines is 1. The Hall–Kier alpha value is -2.87. The third kappa shape index (κ3) is 4.36. The van der Waals surface area contributed by atoms with Crippen LogP contribution in [0.25, 0.3) is 11.2 Å². The topological polar surface area (TPSA) is 178 Å². The van der Waals surface area contributed by atoms with Crippen LogP contribution >= 0.6 is 0 Å². The van der Waals surface area contributed by atoms with Gasteiger partial charge in [0.25, 0.3) is 5.91 Å². The molecule has 2 aliphatic heterocycles. The number of aliphatic hydroxyl groups is 2. The van der Waals surface area contributed by atoms with Gasteiger partial charge in [0.05, 0.1) is 20.0 Å². The summed E-state index contributed by atoms with van der Waals surface area (Å²) in [5, 5.41) is 23.5. The molecule has 2 aromatic rings. The summed E-state index contributed by atoms with van der Waals surface area (Å²) in [5.41, 5.74) is 6.71. The Labute approximate surface area is 189 Å². The molecule has 0 aromatic carbocycles. The first-order valence-electron chi connectivity index (χ1n) is 11.0. The van der Waals surface area contributed by atoms with Gasteiger partial charge >= 0.3 is 5.97 Å². The molecule has 4 rings (SSSR count). The minimum Gasteiger partial charge on any atom is -0.468 e. The van der Waals surface area contributed by atoms with Crippen LogP contribution in [0.3, 0.4) is 0 Å². The summed E-state index contributed by atoms with van der Waals surface area (Å²) >= 11 is 0. The molecule has 2 aliphatic rings. The van der Waals surface area contributed by atoms with E-state index in [0.29, 0.717) is 30.9 Å². The number of nitrogens with zero attached hydrogens (tertiary/aromatic N) is 5. The lowest BCUT2D eigenvalue weighted by Crippen LogP contribution is -2.45. The molecular formula is C20H29N7O6. The van der Waals surface area contributed by atoms with Crippen molar-refractivity contribution >= 4 is 28.9 Å². The van der Waals surface area contributed by atoms with E-state index in [2.05, 4.69) is 20.3 Å². The van der Waals surface area contributed by atoms with Gasteiger partial charge in [-0.25, -0.2) is 15.0 Å². The number of nitrogen functional groups attached to an aromatic ring is 1. The number of nitrogens with two attached hydrogens (primary N) is 1. The van der Waals surface area contributed by atoms with E-state index in [0.717, 1.165) is 12.8 Å². The first-order chi connectivity index (χ1) is 15.8. The van der Waals surface area contributed by atoms with Crippen molar-refractivity contribution < 1.29 is 29.3 Å². The van der Waals surface area contributed by atoms with E-state index in [-0.39, 0.29) is 30.0 Å². The molecule has 2 saturated heterocycles. The number of esters is 1. The number of ether oxygens (including phenoxy) is 2. The Morgan fingerprint density at radius 1 is 1.30 bits per heavy atom. The average Bonchev–Trinajstić information content (AvgIpc) is 3.35. The number of fused-ring (bicyclic) bond motifs is 1. The molecule has 0 saturated carbocycles. The van der Waals surface area contributed by atoms with Crippen molar-refractivity contribution in [1.29, 1.82) is 0 Å². The number of imidazole rings is 1. The number of methoxy groups -OCH3 is 1. The fraction of sp³-hybridized carbons (Fsp3) is 0.650. The zero-order chi connectivity index (χ0) is 23.7. The fourth-order valence-corrected chi connectivity index (χ4v) is 4.39. The molecule has 0 aliphatic carbocycles. The number of aliphatic hydroxyl groups excluding tert-OH is 2. The number of likely N-dealkylation sites (N-methyl/N-ethyl adjacent to an activating group) is 1. The molecule has 2 aromatic heterocycles. The molecule has 4 heterocycles. The Kier molecular flexibility index (Phi) is 6.74. The van der Waals surface area contributed by atoms with E-state index in [9.17, 15) is 19.8 Å². The average molecular weight is 463 g/mol. The molecule has 0 radical (unpaired) electrons. The highest BCUT2D eigenvalue weighted by Crippen LogP contribution is 2.32. The van der Waals surface area contributed by atoms with Gasteiger partial charge in [-0.05, 0) is 26.3 Å². The molecule has 5 atom stereocenters.